The average Bonchev–Trinajstić information content (AvgIpc) is 3.08. The van der Waals surface area contributed by atoms with Crippen LogP contribution in [0.4, 0.5) is 16.4 Å². The Morgan fingerprint density at radius 1 is 1.09 bits per heavy atom. The summed E-state index contributed by atoms with van der Waals surface area (Å²) in [5.41, 5.74) is 2.67. The molecule has 4 rings (SSSR count). The second kappa shape index (κ2) is 5.03. The summed E-state index contributed by atoms with van der Waals surface area (Å²) in [4.78, 5) is 18.7. The number of halogens is 1. The van der Waals surface area contributed by atoms with Gasteiger partial charge in [-0.2, -0.15) is 0 Å². The molecule has 5 nitrogen and oxygen atoms in total. The molecule has 0 saturated carbocycles. The molecule has 6 heteroatoms. The normalized spacial score (nSPS) is 13.4. The Morgan fingerprint density at radius 2 is 1.86 bits per heavy atom. The third-order valence-corrected chi connectivity index (χ3v) is 4.02. The van der Waals surface area contributed by atoms with Gasteiger partial charge in [0.15, 0.2) is 0 Å². The van der Waals surface area contributed by atoms with Crippen LogP contribution < -0.4 is 10.2 Å². The maximum atomic E-state index is 12.5. The molecule has 3 aromatic rings. The highest BCUT2D eigenvalue weighted by Gasteiger charge is 2.28. The molecule has 0 radical (unpaired) electrons. The monoisotopic (exact) mass is 312 g/mol. The van der Waals surface area contributed by atoms with Crippen LogP contribution >= 0.6 is 11.6 Å². The van der Waals surface area contributed by atoms with E-state index in [9.17, 15) is 4.79 Å². The molecule has 22 heavy (non-hydrogen) atoms. The van der Waals surface area contributed by atoms with Gasteiger partial charge in [0.2, 0.25) is 5.95 Å². The van der Waals surface area contributed by atoms with Crippen molar-refractivity contribution in [3.8, 4) is 0 Å². The van der Waals surface area contributed by atoms with Crippen LogP contribution in [0.1, 0.15) is 0 Å². The quantitative estimate of drug-likeness (QED) is 0.744. The van der Waals surface area contributed by atoms with E-state index in [0.717, 1.165) is 17.6 Å². The Hall–Kier alpha value is -2.53. The predicted molar refractivity (Wildman–Crippen MR) is 87.5 cm³/mol. The summed E-state index contributed by atoms with van der Waals surface area (Å²) in [7, 11) is 0. The van der Waals surface area contributed by atoms with E-state index in [0.29, 0.717) is 23.2 Å². The molecule has 110 valence electrons. The Kier molecular flexibility index (Phi) is 3.01. The number of imidazole rings is 1. The summed E-state index contributed by atoms with van der Waals surface area (Å²) in [5, 5.41) is 3.51. The van der Waals surface area contributed by atoms with Gasteiger partial charge in [0.05, 0.1) is 11.0 Å². The fraction of sp³-hybridized carbons (Fsp3) is 0.125. The van der Waals surface area contributed by atoms with E-state index in [1.54, 1.807) is 29.2 Å². The molecule has 0 atom stereocenters. The van der Waals surface area contributed by atoms with Gasteiger partial charge in [-0.1, -0.05) is 23.7 Å². The summed E-state index contributed by atoms with van der Waals surface area (Å²) >= 11 is 5.85. The third-order valence-electron chi connectivity index (χ3n) is 3.76. The standard InChI is InChI=1S/C16H13ClN4O/c17-11-5-7-12(8-6-11)18-16(22)21-10-9-20-14-4-2-1-3-13(14)19-15(20)21/h1-8H,9-10H2,(H,18,22). The van der Waals surface area contributed by atoms with E-state index >= 15 is 0 Å². The minimum absolute atomic E-state index is 0.184. The molecule has 2 amide bonds. The minimum atomic E-state index is -0.184. The molecule has 1 aliphatic heterocycles. The summed E-state index contributed by atoms with van der Waals surface area (Å²) in [6.45, 7) is 1.37. The smallest absolute Gasteiger partial charge is 0.308 e. The summed E-state index contributed by atoms with van der Waals surface area (Å²) in [6.07, 6.45) is 0. The van der Waals surface area contributed by atoms with Gasteiger partial charge in [-0.25, -0.2) is 9.78 Å². The number of benzene rings is 2. The first kappa shape index (κ1) is 13.2. The molecule has 2 heterocycles. The highest BCUT2D eigenvalue weighted by atomic mass is 35.5. The lowest BCUT2D eigenvalue weighted by Crippen LogP contribution is -2.33. The van der Waals surface area contributed by atoms with Crippen molar-refractivity contribution < 1.29 is 4.79 Å². The number of carbonyl (C=O) groups excluding carboxylic acids is 1. The van der Waals surface area contributed by atoms with Crippen LogP contribution in [0.2, 0.25) is 5.02 Å². The van der Waals surface area contributed by atoms with E-state index < -0.39 is 0 Å². The number of para-hydroxylation sites is 2. The summed E-state index contributed by atoms with van der Waals surface area (Å²) in [6, 6.07) is 14.8. The highest BCUT2D eigenvalue weighted by Crippen LogP contribution is 2.27. The number of anilines is 2. The number of hydrogen-bond donors (Lipinski definition) is 1. The fourth-order valence-corrected chi connectivity index (χ4v) is 2.83. The minimum Gasteiger partial charge on any atom is -0.308 e. The van der Waals surface area contributed by atoms with Crippen LogP contribution in [0, 0.1) is 0 Å². The summed E-state index contributed by atoms with van der Waals surface area (Å²) in [5.74, 6) is 0.688. The molecule has 1 aromatic heterocycles. The van der Waals surface area contributed by atoms with Crippen molar-refractivity contribution in [2.45, 2.75) is 6.54 Å². The molecule has 0 unspecified atom stereocenters. The maximum Gasteiger partial charge on any atom is 0.328 e. The maximum absolute atomic E-state index is 12.5. The second-order valence-electron chi connectivity index (χ2n) is 5.14. The number of amides is 2. The summed E-state index contributed by atoms with van der Waals surface area (Å²) < 4.78 is 2.07. The van der Waals surface area contributed by atoms with Crippen LogP contribution in [0.5, 0.6) is 0 Å². The Morgan fingerprint density at radius 3 is 2.68 bits per heavy atom. The van der Waals surface area contributed by atoms with Gasteiger partial charge in [-0.3, -0.25) is 4.90 Å². The van der Waals surface area contributed by atoms with E-state index in [1.807, 2.05) is 24.3 Å². The van der Waals surface area contributed by atoms with Crippen molar-refractivity contribution in [3.63, 3.8) is 0 Å². The SMILES string of the molecule is O=C(Nc1ccc(Cl)cc1)N1CCn2c1nc1ccccc12. The van der Waals surface area contributed by atoms with Gasteiger partial charge in [-0.15, -0.1) is 0 Å². The van der Waals surface area contributed by atoms with E-state index in [1.165, 1.54) is 0 Å². The number of rotatable bonds is 1. The molecule has 0 spiro atoms. The number of aromatic nitrogens is 2. The lowest BCUT2D eigenvalue weighted by Gasteiger charge is -2.15. The Balaban J connectivity index is 1.62. The van der Waals surface area contributed by atoms with Crippen LogP contribution in [0.15, 0.2) is 48.5 Å². The molecule has 1 N–H and O–H groups in total. The molecule has 0 aliphatic carbocycles. The molecule has 0 fully saturated rings. The molecule has 1 aliphatic rings. The van der Waals surface area contributed by atoms with Crippen molar-refractivity contribution in [3.05, 3.63) is 53.6 Å². The Labute approximate surface area is 132 Å². The fourth-order valence-electron chi connectivity index (χ4n) is 2.71. The van der Waals surface area contributed by atoms with Crippen molar-refractivity contribution in [2.75, 3.05) is 16.8 Å². The van der Waals surface area contributed by atoms with Crippen LogP contribution in [0.3, 0.4) is 0 Å². The van der Waals surface area contributed by atoms with Gasteiger partial charge in [0, 0.05) is 23.8 Å². The van der Waals surface area contributed by atoms with Crippen molar-refractivity contribution in [1.29, 1.82) is 0 Å². The first-order valence-electron chi connectivity index (χ1n) is 7.02. The average molecular weight is 313 g/mol. The Bertz CT molecular complexity index is 856. The number of nitrogens with one attached hydrogen (secondary N) is 1. The van der Waals surface area contributed by atoms with Crippen LogP contribution in [-0.2, 0) is 6.54 Å². The lowest BCUT2D eigenvalue weighted by atomic mass is 10.3. The first-order valence-corrected chi connectivity index (χ1v) is 7.39. The first-order chi connectivity index (χ1) is 10.7. The number of carbonyl (C=O) groups is 1. The van der Waals surface area contributed by atoms with Crippen LogP contribution in [0.25, 0.3) is 11.0 Å². The van der Waals surface area contributed by atoms with Gasteiger partial charge < -0.3 is 9.88 Å². The molecule has 0 saturated heterocycles. The number of hydrogen-bond acceptors (Lipinski definition) is 2. The van der Waals surface area contributed by atoms with Gasteiger partial charge >= 0.3 is 6.03 Å². The second-order valence-corrected chi connectivity index (χ2v) is 5.58. The van der Waals surface area contributed by atoms with Gasteiger partial charge in [-0.05, 0) is 36.4 Å². The van der Waals surface area contributed by atoms with Crippen LogP contribution in [-0.4, -0.2) is 22.1 Å². The van der Waals surface area contributed by atoms with E-state index in [-0.39, 0.29) is 6.03 Å². The topological polar surface area (TPSA) is 50.2 Å². The van der Waals surface area contributed by atoms with E-state index in [2.05, 4.69) is 14.9 Å². The number of fused-ring (bicyclic) bond motifs is 3. The molecular formula is C16H13ClN4O. The molecular weight excluding hydrogens is 300 g/mol. The number of urea groups is 1. The zero-order valence-electron chi connectivity index (χ0n) is 11.7. The molecule has 0 bridgehead atoms. The predicted octanol–water partition coefficient (Wildman–Crippen LogP) is 3.74. The van der Waals surface area contributed by atoms with Crippen molar-refractivity contribution in [2.24, 2.45) is 0 Å². The van der Waals surface area contributed by atoms with Gasteiger partial charge in [0.1, 0.15) is 0 Å². The van der Waals surface area contributed by atoms with Crippen molar-refractivity contribution in [1.82, 2.24) is 9.55 Å². The van der Waals surface area contributed by atoms with Gasteiger partial charge in [0.25, 0.3) is 0 Å². The largest absolute Gasteiger partial charge is 0.328 e. The van der Waals surface area contributed by atoms with E-state index in [4.69, 9.17) is 11.6 Å². The lowest BCUT2D eigenvalue weighted by molar-refractivity contribution is 0.257. The molecule has 2 aromatic carbocycles. The zero-order valence-corrected chi connectivity index (χ0v) is 12.4. The highest BCUT2D eigenvalue weighted by molar-refractivity contribution is 6.30. The number of nitrogens with zero attached hydrogens (tertiary/aromatic N) is 3. The zero-order chi connectivity index (χ0) is 15.1. The third kappa shape index (κ3) is 2.10. The van der Waals surface area contributed by atoms with Crippen molar-refractivity contribution >= 4 is 40.3 Å².